The van der Waals surface area contributed by atoms with Crippen LogP contribution in [0.5, 0.6) is 5.75 Å². The number of benzene rings is 1. The van der Waals surface area contributed by atoms with E-state index >= 15 is 0 Å². The highest BCUT2D eigenvalue weighted by molar-refractivity contribution is 5.63. The smallest absolute Gasteiger partial charge is 0.229 e. The van der Waals surface area contributed by atoms with Crippen molar-refractivity contribution >= 4 is 17.5 Å². The van der Waals surface area contributed by atoms with E-state index < -0.39 is 0 Å². The lowest BCUT2D eigenvalue weighted by atomic mass is 10.1. The van der Waals surface area contributed by atoms with E-state index in [2.05, 4.69) is 34.4 Å². The molecule has 0 spiro atoms. The van der Waals surface area contributed by atoms with E-state index in [0.717, 1.165) is 35.9 Å². The fraction of sp³-hybridized carbons (Fsp3) is 0.444. The molecule has 124 valence electrons. The minimum absolute atomic E-state index is 0.573. The Balaban J connectivity index is 2.12. The monoisotopic (exact) mass is 314 g/mol. The predicted molar refractivity (Wildman–Crippen MR) is 95.6 cm³/mol. The van der Waals surface area contributed by atoms with Crippen molar-refractivity contribution in [1.29, 1.82) is 0 Å². The Hall–Kier alpha value is -2.30. The zero-order valence-electron chi connectivity index (χ0n) is 14.4. The molecule has 1 aromatic carbocycles. The number of nitrogens with one attached hydrogen (secondary N) is 2. The summed E-state index contributed by atoms with van der Waals surface area (Å²) in [6.45, 7) is 9.89. The molecule has 5 nitrogen and oxygen atoms in total. The van der Waals surface area contributed by atoms with Gasteiger partial charge in [0.05, 0.1) is 12.3 Å². The zero-order chi connectivity index (χ0) is 16.7. The van der Waals surface area contributed by atoms with E-state index in [9.17, 15) is 0 Å². The normalized spacial score (nSPS) is 10.7. The van der Waals surface area contributed by atoms with Crippen LogP contribution in [0.15, 0.2) is 30.3 Å². The highest BCUT2D eigenvalue weighted by Crippen LogP contribution is 2.26. The van der Waals surface area contributed by atoms with E-state index in [4.69, 9.17) is 4.74 Å². The molecule has 2 N–H and O–H groups in total. The Morgan fingerprint density at radius 1 is 1.17 bits per heavy atom. The first-order chi connectivity index (χ1) is 11.1. The summed E-state index contributed by atoms with van der Waals surface area (Å²) in [6, 6.07) is 9.76. The van der Waals surface area contributed by atoms with Gasteiger partial charge in [-0.05, 0) is 38.3 Å². The largest absolute Gasteiger partial charge is 0.492 e. The first-order valence-electron chi connectivity index (χ1n) is 8.17. The van der Waals surface area contributed by atoms with Crippen LogP contribution in [0.4, 0.5) is 17.5 Å². The molecule has 0 fully saturated rings. The number of aromatic nitrogens is 2. The summed E-state index contributed by atoms with van der Waals surface area (Å²) in [5.74, 6) is 2.88. The molecule has 2 rings (SSSR count). The van der Waals surface area contributed by atoms with Crippen LogP contribution in [0.3, 0.4) is 0 Å². The summed E-state index contributed by atoms with van der Waals surface area (Å²) >= 11 is 0. The molecule has 0 unspecified atom stereocenters. The number of hydrogen-bond acceptors (Lipinski definition) is 5. The van der Waals surface area contributed by atoms with Gasteiger partial charge in [-0.2, -0.15) is 4.98 Å². The van der Waals surface area contributed by atoms with Crippen LogP contribution in [-0.2, 0) is 0 Å². The summed E-state index contributed by atoms with van der Waals surface area (Å²) in [4.78, 5) is 8.99. The first kappa shape index (κ1) is 17.1. The molecule has 1 heterocycles. The summed E-state index contributed by atoms with van der Waals surface area (Å²) in [5, 5.41) is 6.61. The molecule has 0 bridgehead atoms. The van der Waals surface area contributed by atoms with Crippen LogP contribution in [0.2, 0.25) is 0 Å². The van der Waals surface area contributed by atoms with Crippen molar-refractivity contribution in [2.24, 2.45) is 5.92 Å². The molecule has 0 atom stereocenters. The average molecular weight is 314 g/mol. The predicted octanol–water partition coefficient (Wildman–Crippen LogP) is 4.39. The van der Waals surface area contributed by atoms with E-state index in [1.54, 1.807) is 0 Å². The van der Waals surface area contributed by atoms with Crippen LogP contribution >= 0.6 is 0 Å². The van der Waals surface area contributed by atoms with Crippen LogP contribution in [0.25, 0.3) is 0 Å². The lowest BCUT2D eigenvalue weighted by Crippen LogP contribution is -2.08. The number of ether oxygens (including phenoxy) is 1. The van der Waals surface area contributed by atoms with Gasteiger partial charge in [-0.3, -0.25) is 0 Å². The van der Waals surface area contributed by atoms with Crippen molar-refractivity contribution in [3.05, 3.63) is 36.0 Å². The van der Waals surface area contributed by atoms with Crippen molar-refractivity contribution in [1.82, 2.24) is 9.97 Å². The Kier molecular flexibility index (Phi) is 6.20. The lowest BCUT2D eigenvalue weighted by Gasteiger charge is -2.13. The van der Waals surface area contributed by atoms with Gasteiger partial charge < -0.3 is 15.4 Å². The molecule has 0 aliphatic carbocycles. The third-order valence-electron chi connectivity index (χ3n) is 3.32. The van der Waals surface area contributed by atoms with Crippen molar-refractivity contribution < 1.29 is 4.74 Å². The maximum atomic E-state index is 5.63. The number of para-hydroxylation sites is 2. The summed E-state index contributed by atoms with van der Waals surface area (Å²) in [7, 11) is 0. The van der Waals surface area contributed by atoms with Gasteiger partial charge in [-0.25, -0.2) is 4.98 Å². The second kappa shape index (κ2) is 8.36. The maximum absolute atomic E-state index is 5.63. The Morgan fingerprint density at radius 3 is 2.70 bits per heavy atom. The minimum atomic E-state index is 0.573. The second-order valence-electron chi connectivity index (χ2n) is 5.88. The summed E-state index contributed by atoms with van der Waals surface area (Å²) in [5.41, 5.74) is 1.79. The highest BCUT2D eigenvalue weighted by Gasteiger charge is 2.07. The van der Waals surface area contributed by atoms with Gasteiger partial charge in [-0.1, -0.05) is 26.0 Å². The average Bonchev–Trinajstić information content (AvgIpc) is 2.48. The van der Waals surface area contributed by atoms with Gasteiger partial charge in [0.1, 0.15) is 11.6 Å². The lowest BCUT2D eigenvalue weighted by molar-refractivity contribution is 0.342. The molecule has 0 aliphatic rings. The number of anilines is 3. The molecule has 0 saturated heterocycles. The Bertz CT molecular complexity index is 628. The fourth-order valence-electron chi connectivity index (χ4n) is 2.18. The van der Waals surface area contributed by atoms with Gasteiger partial charge in [0, 0.05) is 18.3 Å². The van der Waals surface area contributed by atoms with Gasteiger partial charge in [-0.15, -0.1) is 0 Å². The second-order valence-corrected chi connectivity index (χ2v) is 5.88. The molecular formula is C18H26N4O. The molecule has 1 aromatic heterocycles. The summed E-state index contributed by atoms with van der Waals surface area (Å²) < 4.78 is 5.63. The molecule has 2 aromatic rings. The zero-order valence-corrected chi connectivity index (χ0v) is 14.4. The van der Waals surface area contributed by atoms with E-state index in [1.807, 2.05) is 44.2 Å². The van der Waals surface area contributed by atoms with Crippen molar-refractivity contribution in [2.45, 2.75) is 34.1 Å². The number of hydrogen-bond donors (Lipinski definition) is 2. The number of nitrogens with zero attached hydrogens (tertiary/aromatic N) is 2. The van der Waals surface area contributed by atoms with Crippen LogP contribution in [0, 0.1) is 12.8 Å². The van der Waals surface area contributed by atoms with Crippen molar-refractivity contribution in [3.63, 3.8) is 0 Å². The summed E-state index contributed by atoms with van der Waals surface area (Å²) in [6.07, 6.45) is 1.11. The fourth-order valence-corrected chi connectivity index (χ4v) is 2.18. The van der Waals surface area contributed by atoms with Crippen LogP contribution in [-0.4, -0.2) is 23.1 Å². The first-order valence-corrected chi connectivity index (χ1v) is 8.17. The topological polar surface area (TPSA) is 59.1 Å². The molecule has 23 heavy (non-hydrogen) atoms. The third-order valence-corrected chi connectivity index (χ3v) is 3.32. The van der Waals surface area contributed by atoms with Gasteiger partial charge in [0.2, 0.25) is 5.95 Å². The molecule has 0 aliphatic heterocycles. The van der Waals surface area contributed by atoms with Crippen LogP contribution in [0.1, 0.15) is 32.9 Å². The Morgan fingerprint density at radius 2 is 1.96 bits per heavy atom. The maximum Gasteiger partial charge on any atom is 0.229 e. The molecular weight excluding hydrogens is 288 g/mol. The molecule has 0 radical (unpaired) electrons. The van der Waals surface area contributed by atoms with Gasteiger partial charge in [0.25, 0.3) is 0 Å². The molecule has 5 heteroatoms. The standard InChI is InChI=1S/C18H26N4O/c1-5-23-16-9-7-6-8-15(16)21-18-20-14(4)12-17(22-18)19-11-10-13(2)3/h6-9,12-13H,5,10-11H2,1-4H3,(H2,19,20,21,22). The molecule has 0 amide bonds. The van der Waals surface area contributed by atoms with Crippen molar-refractivity contribution in [2.75, 3.05) is 23.8 Å². The van der Waals surface area contributed by atoms with Crippen LogP contribution < -0.4 is 15.4 Å². The third kappa shape index (κ3) is 5.43. The molecule has 0 saturated carbocycles. The minimum Gasteiger partial charge on any atom is -0.492 e. The SMILES string of the molecule is CCOc1ccccc1Nc1nc(C)cc(NCCC(C)C)n1. The van der Waals surface area contributed by atoms with E-state index in [-0.39, 0.29) is 0 Å². The number of rotatable bonds is 8. The Labute approximate surface area is 138 Å². The highest BCUT2D eigenvalue weighted by atomic mass is 16.5. The van der Waals surface area contributed by atoms with E-state index in [1.165, 1.54) is 0 Å². The van der Waals surface area contributed by atoms with Gasteiger partial charge in [0.15, 0.2) is 0 Å². The quantitative estimate of drug-likeness (QED) is 0.757. The van der Waals surface area contributed by atoms with Gasteiger partial charge >= 0.3 is 0 Å². The van der Waals surface area contributed by atoms with E-state index in [0.29, 0.717) is 18.5 Å². The van der Waals surface area contributed by atoms with Crippen molar-refractivity contribution in [3.8, 4) is 5.75 Å². The number of aryl methyl sites for hydroxylation is 1.